The number of methoxy groups -OCH3 is 1. The number of benzene rings is 1. The number of rotatable bonds is 2. The molecule has 0 unspecified atom stereocenters. The summed E-state index contributed by atoms with van der Waals surface area (Å²) >= 11 is 1.83. The minimum absolute atomic E-state index is 0.130. The average molecular weight is 294 g/mol. The minimum Gasteiger partial charge on any atom is -0.496 e. The molecule has 0 heterocycles. The van der Waals surface area contributed by atoms with E-state index in [0.29, 0.717) is 9.13 Å². The molecule has 0 aliphatic carbocycles. The van der Waals surface area contributed by atoms with E-state index in [0.717, 1.165) is 0 Å². The molecule has 0 saturated carbocycles. The van der Waals surface area contributed by atoms with E-state index in [1.165, 1.54) is 26.2 Å². The molecular formula is C9H8FIO2. The van der Waals surface area contributed by atoms with Gasteiger partial charge in [-0.2, -0.15) is 0 Å². The van der Waals surface area contributed by atoms with Crippen LogP contribution >= 0.6 is 22.6 Å². The molecule has 0 spiro atoms. The lowest BCUT2D eigenvalue weighted by Gasteiger charge is -2.06. The molecule has 2 nitrogen and oxygen atoms in total. The van der Waals surface area contributed by atoms with Crippen molar-refractivity contribution < 1.29 is 13.9 Å². The van der Waals surface area contributed by atoms with E-state index >= 15 is 0 Å². The first-order chi connectivity index (χ1) is 6.06. The monoisotopic (exact) mass is 294 g/mol. The van der Waals surface area contributed by atoms with Crippen LogP contribution in [0.15, 0.2) is 12.1 Å². The summed E-state index contributed by atoms with van der Waals surface area (Å²) in [7, 11) is 1.41. The molecule has 0 aromatic heterocycles. The summed E-state index contributed by atoms with van der Waals surface area (Å²) in [4.78, 5) is 11.1. The van der Waals surface area contributed by atoms with Gasteiger partial charge in [-0.15, -0.1) is 0 Å². The zero-order valence-corrected chi connectivity index (χ0v) is 9.38. The van der Waals surface area contributed by atoms with Crippen LogP contribution < -0.4 is 4.74 Å². The Labute approximate surface area is 89.2 Å². The van der Waals surface area contributed by atoms with Crippen LogP contribution in [0.1, 0.15) is 17.3 Å². The summed E-state index contributed by atoms with van der Waals surface area (Å²) in [5.74, 6) is -0.220. The molecule has 0 aliphatic rings. The normalized spacial score (nSPS) is 9.85. The standard InChI is InChI=1S/C9H8FIO2/c1-5(12)6-3-8(11)7(10)4-9(6)13-2/h3-4H,1-2H3. The van der Waals surface area contributed by atoms with E-state index in [9.17, 15) is 9.18 Å². The van der Waals surface area contributed by atoms with Gasteiger partial charge < -0.3 is 4.74 Å². The van der Waals surface area contributed by atoms with Crippen molar-refractivity contribution in [2.45, 2.75) is 6.92 Å². The van der Waals surface area contributed by atoms with Crippen molar-refractivity contribution in [1.82, 2.24) is 0 Å². The highest BCUT2D eigenvalue weighted by Gasteiger charge is 2.11. The van der Waals surface area contributed by atoms with Gasteiger partial charge in [0.2, 0.25) is 0 Å². The van der Waals surface area contributed by atoms with Crippen LogP contribution in [0.5, 0.6) is 5.75 Å². The Hall–Kier alpha value is -0.650. The Bertz CT molecular complexity index is 350. The molecule has 70 valence electrons. The van der Waals surface area contributed by atoms with Gasteiger partial charge in [-0.1, -0.05) is 0 Å². The largest absolute Gasteiger partial charge is 0.496 e. The molecule has 0 amide bonds. The summed E-state index contributed by atoms with van der Waals surface area (Å²) < 4.78 is 18.3. The molecule has 0 fully saturated rings. The Morgan fingerprint density at radius 1 is 1.54 bits per heavy atom. The molecule has 0 N–H and O–H groups in total. The maximum Gasteiger partial charge on any atom is 0.163 e. The smallest absolute Gasteiger partial charge is 0.163 e. The van der Waals surface area contributed by atoms with Gasteiger partial charge >= 0.3 is 0 Å². The molecule has 1 aromatic carbocycles. The molecule has 13 heavy (non-hydrogen) atoms. The van der Waals surface area contributed by atoms with Crippen molar-refractivity contribution in [2.75, 3.05) is 7.11 Å². The van der Waals surface area contributed by atoms with Gasteiger partial charge in [-0.25, -0.2) is 4.39 Å². The summed E-state index contributed by atoms with van der Waals surface area (Å²) in [6.07, 6.45) is 0. The SMILES string of the molecule is COc1cc(F)c(I)cc1C(C)=O. The second-order valence-electron chi connectivity index (χ2n) is 2.52. The summed E-state index contributed by atoms with van der Waals surface area (Å²) in [5, 5.41) is 0. The van der Waals surface area contributed by atoms with Gasteiger partial charge in [0.05, 0.1) is 12.7 Å². The van der Waals surface area contributed by atoms with E-state index < -0.39 is 0 Å². The Morgan fingerprint density at radius 3 is 2.62 bits per heavy atom. The Balaban J connectivity index is 3.33. The van der Waals surface area contributed by atoms with Gasteiger partial charge in [0, 0.05) is 9.64 Å². The summed E-state index contributed by atoms with van der Waals surface area (Å²) in [6.45, 7) is 1.42. The molecule has 0 aliphatic heterocycles. The third-order valence-corrected chi connectivity index (χ3v) is 2.45. The van der Waals surface area contributed by atoms with Crippen molar-refractivity contribution in [3.8, 4) is 5.75 Å². The molecule has 1 aromatic rings. The van der Waals surface area contributed by atoms with E-state index in [4.69, 9.17) is 4.74 Å². The predicted molar refractivity (Wildman–Crippen MR) is 55.7 cm³/mol. The molecule has 4 heteroatoms. The summed E-state index contributed by atoms with van der Waals surface area (Å²) in [6, 6.07) is 2.70. The van der Waals surface area contributed by atoms with E-state index in [-0.39, 0.29) is 17.3 Å². The number of ketones is 1. The fourth-order valence-electron chi connectivity index (χ4n) is 0.973. The van der Waals surface area contributed by atoms with Gasteiger partial charge in [-0.05, 0) is 35.6 Å². The van der Waals surface area contributed by atoms with Gasteiger partial charge in [-0.3, -0.25) is 4.79 Å². The highest BCUT2D eigenvalue weighted by Crippen LogP contribution is 2.24. The average Bonchev–Trinajstić information content (AvgIpc) is 2.08. The number of halogens is 2. The lowest BCUT2D eigenvalue weighted by molar-refractivity contribution is 0.101. The number of carbonyl (C=O) groups is 1. The summed E-state index contributed by atoms with van der Waals surface area (Å²) in [5.41, 5.74) is 0.410. The maximum atomic E-state index is 13.0. The third kappa shape index (κ3) is 2.18. The Kier molecular flexibility index (Phi) is 3.24. The van der Waals surface area contributed by atoms with Crippen LogP contribution in [0.25, 0.3) is 0 Å². The molecule has 0 bridgehead atoms. The lowest BCUT2D eigenvalue weighted by atomic mass is 10.1. The van der Waals surface area contributed by atoms with Crippen LogP contribution in [0.2, 0.25) is 0 Å². The fraction of sp³-hybridized carbons (Fsp3) is 0.222. The Morgan fingerprint density at radius 2 is 2.15 bits per heavy atom. The minimum atomic E-state index is -0.373. The van der Waals surface area contributed by atoms with Gasteiger partial charge in [0.15, 0.2) is 5.78 Å². The quantitative estimate of drug-likeness (QED) is 0.619. The highest BCUT2D eigenvalue weighted by atomic mass is 127. The number of carbonyl (C=O) groups excluding carboxylic acids is 1. The van der Waals surface area contributed by atoms with Crippen LogP contribution in [-0.4, -0.2) is 12.9 Å². The first-order valence-electron chi connectivity index (χ1n) is 3.60. The van der Waals surface area contributed by atoms with Crippen molar-refractivity contribution in [3.63, 3.8) is 0 Å². The van der Waals surface area contributed by atoms with Crippen LogP contribution in [0.4, 0.5) is 4.39 Å². The number of Topliss-reactive ketones (excluding diaryl/α,β-unsaturated/α-hetero) is 1. The number of hydrogen-bond donors (Lipinski definition) is 0. The van der Waals surface area contributed by atoms with Crippen LogP contribution in [-0.2, 0) is 0 Å². The molecule has 0 radical (unpaired) electrons. The van der Waals surface area contributed by atoms with E-state index in [2.05, 4.69) is 0 Å². The molecular weight excluding hydrogens is 286 g/mol. The number of hydrogen-bond acceptors (Lipinski definition) is 2. The topological polar surface area (TPSA) is 26.3 Å². The zero-order valence-electron chi connectivity index (χ0n) is 7.23. The second-order valence-corrected chi connectivity index (χ2v) is 3.68. The first-order valence-corrected chi connectivity index (χ1v) is 4.68. The molecule has 1 rings (SSSR count). The fourth-order valence-corrected chi connectivity index (χ4v) is 1.44. The van der Waals surface area contributed by atoms with Crippen molar-refractivity contribution in [2.24, 2.45) is 0 Å². The van der Waals surface area contributed by atoms with Crippen molar-refractivity contribution >= 4 is 28.4 Å². The zero-order chi connectivity index (χ0) is 10.0. The maximum absolute atomic E-state index is 13.0. The lowest BCUT2D eigenvalue weighted by Crippen LogP contribution is -1.99. The van der Waals surface area contributed by atoms with Gasteiger partial charge in [0.1, 0.15) is 11.6 Å². The van der Waals surface area contributed by atoms with Crippen LogP contribution in [0.3, 0.4) is 0 Å². The van der Waals surface area contributed by atoms with Crippen molar-refractivity contribution in [3.05, 3.63) is 27.1 Å². The first kappa shape index (κ1) is 10.4. The molecule has 0 atom stereocenters. The second kappa shape index (κ2) is 4.04. The van der Waals surface area contributed by atoms with Gasteiger partial charge in [0.25, 0.3) is 0 Å². The predicted octanol–water partition coefficient (Wildman–Crippen LogP) is 2.64. The highest BCUT2D eigenvalue weighted by molar-refractivity contribution is 14.1. The van der Waals surface area contributed by atoms with E-state index in [1.807, 2.05) is 22.6 Å². The van der Waals surface area contributed by atoms with Crippen LogP contribution in [0, 0.1) is 9.39 Å². The van der Waals surface area contributed by atoms with E-state index in [1.54, 1.807) is 0 Å². The third-order valence-electron chi connectivity index (χ3n) is 1.62. The number of ether oxygens (including phenoxy) is 1. The molecule has 0 saturated heterocycles. The van der Waals surface area contributed by atoms with Crippen molar-refractivity contribution in [1.29, 1.82) is 0 Å².